The summed E-state index contributed by atoms with van der Waals surface area (Å²) in [7, 11) is 0. The van der Waals surface area contributed by atoms with Gasteiger partial charge in [-0.05, 0) is 69.9 Å². The molecule has 0 aliphatic carbocycles. The van der Waals surface area contributed by atoms with Crippen LogP contribution in [0.4, 0.5) is 0 Å². The number of nitrogens with one attached hydrogen (secondary N) is 1. The predicted octanol–water partition coefficient (Wildman–Crippen LogP) is 2.55. The van der Waals surface area contributed by atoms with Crippen LogP contribution in [0.1, 0.15) is 63.6 Å². The molecule has 0 radical (unpaired) electrons. The first-order valence-electron chi connectivity index (χ1n) is 12.6. The van der Waals surface area contributed by atoms with E-state index >= 15 is 0 Å². The lowest BCUT2D eigenvalue weighted by molar-refractivity contribution is -0.144. The fraction of sp³-hybridized carbons (Fsp3) is 0.577. The molecule has 1 unspecified atom stereocenters. The zero-order chi connectivity index (χ0) is 24.2. The number of hydrogen-bond donors (Lipinski definition) is 3. The SMILES string of the molecule is CCN=C(N)c1ccc2cc(CCC3CCCN3C(=O)[C@@H]3CCCN3C(=O)C[C@@H](C)N)[nH]c2c1. The summed E-state index contributed by atoms with van der Waals surface area (Å²) < 4.78 is 0. The highest BCUT2D eigenvalue weighted by molar-refractivity contribution is 6.00. The van der Waals surface area contributed by atoms with E-state index in [9.17, 15) is 9.59 Å². The number of aromatic amines is 1. The van der Waals surface area contributed by atoms with E-state index in [1.165, 1.54) is 0 Å². The highest BCUT2D eigenvalue weighted by Gasteiger charge is 2.39. The van der Waals surface area contributed by atoms with Gasteiger partial charge in [0.1, 0.15) is 11.9 Å². The standard InChI is InChI=1S/C26H38N6O2/c1-3-29-25(28)19-9-8-18-15-20(30-22(18)16-19)10-11-21-6-4-12-31(21)26(34)23-7-5-13-32(23)24(33)14-17(2)27/h8-9,15-17,21,23,30H,3-7,10-14,27H2,1-2H3,(H2,28,29)/t17-,21?,23+/m1/s1. The Hall–Kier alpha value is -2.87. The van der Waals surface area contributed by atoms with E-state index in [1.54, 1.807) is 4.90 Å². The molecule has 0 spiro atoms. The van der Waals surface area contributed by atoms with Crippen LogP contribution >= 0.6 is 0 Å². The quantitative estimate of drug-likeness (QED) is 0.409. The van der Waals surface area contributed by atoms with Crippen molar-refractivity contribution >= 4 is 28.6 Å². The van der Waals surface area contributed by atoms with Crippen molar-refractivity contribution in [3.8, 4) is 0 Å². The third-order valence-corrected chi connectivity index (χ3v) is 7.06. The van der Waals surface area contributed by atoms with Crippen LogP contribution in [-0.2, 0) is 16.0 Å². The van der Waals surface area contributed by atoms with Crippen molar-refractivity contribution in [3.63, 3.8) is 0 Å². The average Bonchev–Trinajstić information content (AvgIpc) is 3.55. The molecule has 5 N–H and O–H groups in total. The Morgan fingerprint density at radius 2 is 1.94 bits per heavy atom. The van der Waals surface area contributed by atoms with E-state index in [-0.39, 0.29) is 29.9 Å². The van der Waals surface area contributed by atoms with Gasteiger partial charge in [-0.3, -0.25) is 14.6 Å². The molecule has 2 aliphatic heterocycles. The van der Waals surface area contributed by atoms with Crippen molar-refractivity contribution in [2.24, 2.45) is 16.5 Å². The van der Waals surface area contributed by atoms with Gasteiger partial charge in [0.15, 0.2) is 0 Å². The summed E-state index contributed by atoms with van der Waals surface area (Å²) in [6, 6.07) is 8.01. The Kier molecular flexibility index (Phi) is 7.56. The second-order valence-corrected chi connectivity index (χ2v) is 9.75. The fourth-order valence-corrected chi connectivity index (χ4v) is 5.40. The molecular formula is C26H38N6O2. The monoisotopic (exact) mass is 466 g/mol. The van der Waals surface area contributed by atoms with Gasteiger partial charge in [-0.1, -0.05) is 12.1 Å². The number of likely N-dealkylation sites (tertiary alicyclic amines) is 2. The van der Waals surface area contributed by atoms with Gasteiger partial charge >= 0.3 is 0 Å². The highest BCUT2D eigenvalue weighted by Crippen LogP contribution is 2.28. The van der Waals surface area contributed by atoms with E-state index in [4.69, 9.17) is 11.5 Å². The summed E-state index contributed by atoms with van der Waals surface area (Å²) in [6.45, 7) is 5.90. The molecule has 2 fully saturated rings. The minimum absolute atomic E-state index is 0.00339. The van der Waals surface area contributed by atoms with Crippen molar-refractivity contribution in [1.82, 2.24) is 14.8 Å². The van der Waals surface area contributed by atoms with E-state index in [0.717, 1.165) is 67.2 Å². The normalized spacial score (nSPS) is 22.0. The Balaban J connectivity index is 1.40. The number of amides is 2. The van der Waals surface area contributed by atoms with Crippen molar-refractivity contribution in [2.75, 3.05) is 19.6 Å². The van der Waals surface area contributed by atoms with Gasteiger partial charge in [-0.2, -0.15) is 0 Å². The third kappa shape index (κ3) is 5.27. The van der Waals surface area contributed by atoms with Crippen LogP contribution in [0.2, 0.25) is 0 Å². The maximum absolute atomic E-state index is 13.4. The van der Waals surface area contributed by atoms with Gasteiger partial charge in [0, 0.05) is 54.9 Å². The lowest BCUT2D eigenvalue weighted by Gasteiger charge is -2.32. The summed E-state index contributed by atoms with van der Waals surface area (Å²) in [5, 5.41) is 1.15. The Morgan fingerprint density at radius 1 is 1.18 bits per heavy atom. The van der Waals surface area contributed by atoms with Crippen molar-refractivity contribution in [1.29, 1.82) is 0 Å². The number of benzene rings is 1. The van der Waals surface area contributed by atoms with Gasteiger partial charge in [-0.25, -0.2) is 0 Å². The molecule has 2 saturated heterocycles. The zero-order valence-electron chi connectivity index (χ0n) is 20.4. The summed E-state index contributed by atoms with van der Waals surface area (Å²) in [4.78, 5) is 37.7. The highest BCUT2D eigenvalue weighted by atomic mass is 16.2. The Labute approximate surface area is 201 Å². The minimum Gasteiger partial charge on any atom is -0.384 e. The summed E-state index contributed by atoms with van der Waals surface area (Å²) >= 11 is 0. The van der Waals surface area contributed by atoms with Crippen LogP contribution in [0.15, 0.2) is 29.3 Å². The smallest absolute Gasteiger partial charge is 0.245 e. The van der Waals surface area contributed by atoms with Crippen LogP contribution in [0.5, 0.6) is 0 Å². The number of nitrogens with zero attached hydrogens (tertiary/aromatic N) is 3. The average molecular weight is 467 g/mol. The van der Waals surface area contributed by atoms with Gasteiger partial charge in [0.2, 0.25) is 11.8 Å². The third-order valence-electron chi connectivity index (χ3n) is 7.06. The van der Waals surface area contributed by atoms with Crippen LogP contribution in [0, 0.1) is 0 Å². The topological polar surface area (TPSA) is 121 Å². The maximum atomic E-state index is 13.4. The van der Waals surface area contributed by atoms with E-state index in [0.29, 0.717) is 25.3 Å². The second kappa shape index (κ2) is 10.6. The number of aromatic nitrogens is 1. The first-order chi connectivity index (χ1) is 16.4. The number of amidine groups is 1. The molecule has 3 atom stereocenters. The molecule has 8 heteroatoms. The number of aliphatic imine (C=N–C) groups is 1. The molecule has 1 aromatic carbocycles. The van der Waals surface area contributed by atoms with E-state index < -0.39 is 0 Å². The molecule has 1 aromatic heterocycles. The maximum Gasteiger partial charge on any atom is 0.245 e. The number of nitrogens with two attached hydrogens (primary N) is 2. The van der Waals surface area contributed by atoms with Gasteiger partial charge in [0.05, 0.1) is 0 Å². The number of aryl methyl sites for hydroxylation is 1. The molecule has 0 bridgehead atoms. The second-order valence-electron chi connectivity index (χ2n) is 9.75. The molecule has 184 valence electrons. The summed E-state index contributed by atoms with van der Waals surface area (Å²) in [5.41, 5.74) is 15.0. The van der Waals surface area contributed by atoms with Crippen LogP contribution < -0.4 is 11.5 Å². The number of fused-ring (bicyclic) bond motifs is 1. The van der Waals surface area contributed by atoms with Crippen molar-refractivity contribution in [2.45, 2.75) is 76.9 Å². The number of carbonyl (C=O) groups excluding carboxylic acids is 2. The molecule has 3 heterocycles. The van der Waals surface area contributed by atoms with E-state index in [2.05, 4.69) is 22.1 Å². The Bertz CT molecular complexity index is 1060. The van der Waals surface area contributed by atoms with Crippen molar-refractivity contribution in [3.05, 3.63) is 35.5 Å². The molecule has 2 aromatic rings. The van der Waals surface area contributed by atoms with Gasteiger partial charge in [0.25, 0.3) is 0 Å². The molecule has 4 rings (SSSR count). The molecule has 8 nitrogen and oxygen atoms in total. The summed E-state index contributed by atoms with van der Waals surface area (Å²) in [5.74, 6) is 0.676. The molecule has 0 saturated carbocycles. The molecule has 34 heavy (non-hydrogen) atoms. The largest absolute Gasteiger partial charge is 0.384 e. The van der Waals surface area contributed by atoms with Crippen LogP contribution in [-0.4, -0.2) is 70.2 Å². The molecule has 2 aliphatic rings. The first kappa shape index (κ1) is 24.3. The molecular weight excluding hydrogens is 428 g/mol. The first-order valence-corrected chi connectivity index (χ1v) is 12.6. The van der Waals surface area contributed by atoms with Crippen LogP contribution in [0.25, 0.3) is 10.9 Å². The van der Waals surface area contributed by atoms with E-state index in [1.807, 2.05) is 30.9 Å². The zero-order valence-corrected chi connectivity index (χ0v) is 20.4. The lowest BCUT2D eigenvalue weighted by atomic mass is 10.1. The minimum atomic E-state index is -0.325. The Morgan fingerprint density at radius 3 is 2.71 bits per heavy atom. The van der Waals surface area contributed by atoms with Crippen molar-refractivity contribution < 1.29 is 9.59 Å². The fourth-order valence-electron chi connectivity index (χ4n) is 5.40. The van der Waals surface area contributed by atoms with Gasteiger partial charge < -0.3 is 26.3 Å². The number of hydrogen-bond acceptors (Lipinski definition) is 4. The number of rotatable bonds is 8. The molecule has 2 amide bonds. The number of H-pyrrole nitrogens is 1. The summed E-state index contributed by atoms with van der Waals surface area (Å²) in [6.07, 6.45) is 5.74. The van der Waals surface area contributed by atoms with Crippen LogP contribution in [0.3, 0.4) is 0 Å². The van der Waals surface area contributed by atoms with Gasteiger partial charge in [-0.15, -0.1) is 0 Å². The predicted molar refractivity (Wildman–Crippen MR) is 136 cm³/mol. The lowest BCUT2D eigenvalue weighted by Crippen LogP contribution is -2.50. The number of carbonyl (C=O) groups is 2.